The third kappa shape index (κ3) is 4.92. The van der Waals surface area contributed by atoms with E-state index in [2.05, 4.69) is 9.47 Å². The summed E-state index contributed by atoms with van der Waals surface area (Å²) >= 11 is 0. The Hall–Kier alpha value is -2.82. The molecular formula is C15H6F14O4. The van der Waals surface area contributed by atoms with Gasteiger partial charge in [-0.1, -0.05) is 0 Å². The van der Waals surface area contributed by atoms with Crippen molar-refractivity contribution < 1.29 is 80.5 Å². The molecule has 0 aliphatic carbocycles. The summed E-state index contributed by atoms with van der Waals surface area (Å²) in [5.41, 5.74) is -0.773. The standard InChI is InChI=1S/C15H6F14O4/c1-5-4-6(32-8(30)10(16,17)12(20,21)14(24,25)26)2-3-7(5)33-9(31)11(18,19)13(22,23)15(27,28)29/h2-4H,1H3. The average molecular weight is 516 g/mol. The van der Waals surface area contributed by atoms with Crippen LogP contribution in [0.5, 0.6) is 11.5 Å². The number of hydrogen-bond acceptors (Lipinski definition) is 4. The van der Waals surface area contributed by atoms with Gasteiger partial charge in [0.05, 0.1) is 0 Å². The molecular weight excluding hydrogens is 510 g/mol. The van der Waals surface area contributed by atoms with Crippen molar-refractivity contribution in [1.82, 2.24) is 0 Å². The molecule has 0 bridgehead atoms. The Bertz CT molecular complexity index is 916. The van der Waals surface area contributed by atoms with Gasteiger partial charge in [-0.3, -0.25) is 0 Å². The van der Waals surface area contributed by atoms with Gasteiger partial charge in [0.25, 0.3) is 0 Å². The first-order chi connectivity index (χ1) is 14.4. The average Bonchev–Trinajstić information content (AvgIpc) is 2.61. The number of carbonyl (C=O) groups excluding carboxylic acids is 2. The van der Waals surface area contributed by atoms with Crippen LogP contribution in [0.1, 0.15) is 5.56 Å². The van der Waals surface area contributed by atoms with E-state index in [0.717, 1.165) is 0 Å². The van der Waals surface area contributed by atoms with Gasteiger partial charge in [0.15, 0.2) is 0 Å². The van der Waals surface area contributed by atoms with Crippen LogP contribution in [-0.2, 0) is 9.59 Å². The Balaban J connectivity index is 3.12. The molecule has 0 aromatic heterocycles. The van der Waals surface area contributed by atoms with Crippen molar-refractivity contribution in [1.29, 1.82) is 0 Å². The lowest BCUT2D eigenvalue weighted by Gasteiger charge is -2.26. The molecule has 0 radical (unpaired) electrons. The first kappa shape index (κ1) is 28.2. The van der Waals surface area contributed by atoms with Gasteiger partial charge in [-0.25, -0.2) is 9.59 Å². The number of benzene rings is 1. The van der Waals surface area contributed by atoms with Crippen LogP contribution in [-0.4, -0.2) is 48.0 Å². The second kappa shape index (κ2) is 8.19. The summed E-state index contributed by atoms with van der Waals surface area (Å²) in [5.74, 6) is -36.0. The maximum atomic E-state index is 13.2. The summed E-state index contributed by atoms with van der Waals surface area (Å²) in [4.78, 5) is 22.3. The molecule has 0 amide bonds. The van der Waals surface area contributed by atoms with Crippen molar-refractivity contribution in [3.05, 3.63) is 23.8 Å². The molecule has 0 unspecified atom stereocenters. The SMILES string of the molecule is Cc1cc(OC(=O)C(F)(F)C(F)(F)C(F)(F)F)ccc1OC(=O)C(F)(F)C(F)(F)C(F)(F)F. The maximum Gasteiger partial charge on any atom is 0.460 e. The van der Waals surface area contributed by atoms with Gasteiger partial charge < -0.3 is 9.47 Å². The van der Waals surface area contributed by atoms with Crippen LogP contribution in [0.4, 0.5) is 61.5 Å². The van der Waals surface area contributed by atoms with E-state index in [1.54, 1.807) is 0 Å². The van der Waals surface area contributed by atoms with Gasteiger partial charge in [-0.2, -0.15) is 61.5 Å². The van der Waals surface area contributed by atoms with E-state index in [-0.39, 0.29) is 18.2 Å². The lowest BCUT2D eigenvalue weighted by molar-refractivity contribution is -0.346. The van der Waals surface area contributed by atoms with Crippen molar-refractivity contribution in [2.75, 3.05) is 0 Å². The van der Waals surface area contributed by atoms with E-state index in [1.165, 1.54) is 0 Å². The number of hydrogen-bond donors (Lipinski definition) is 0. The predicted molar refractivity (Wildman–Crippen MR) is 74.3 cm³/mol. The molecule has 0 saturated heterocycles. The summed E-state index contributed by atoms with van der Waals surface area (Å²) in [6, 6.07) is 0.607. The highest BCUT2D eigenvalue weighted by Gasteiger charge is 2.78. The zero-order chi connectivity index (χ0) is 26.4. The largest absolute Gasteiger partial charge is 0.460 e. The van der Waals surface area contributed by atoms with Gasteiger partial charge in [-0.15, -0.1) is 0 Å². The minimum Gasteiger partial charge on any atom is -0.422 e. The van der Waals surface area contributed by atoms with Crippen molar-refractivity contribution in [2.45, 2.75) is 43.0 Å². The maximum absolute atomic E-state index is 13.2. The first-order valence-electron chi connectivity index (χ1n) is 7.61. The van der Waals surface area contributed by atoms with Gasteiger partial charge >= 0.3 is 48.0 Å². The van der Waals surface area contributed by atoms with Crippen molar-refractivity contribution in [3.63, 3.8) is 0 Å². The zero-order valence-electron chi connectivity index (χ0n) is 15.2. The molecule has 0 saturated carbocycles. The number of carbonyl (C=O) groups is 2. The highest BCUT2D eigenvalue weighted by atomic mass is 19.4. The van der Waals surface area contributed by atoms with E-state index < -0.39 is 65.0 Å². The summed E-state index contributed by atoms with van der Waals surface area (Å²) in [6.07, 6.45) is -13.8. The normalized spacial score (nSPS) is 14.2. The molecule has 1 rings (SSSR count). The Morgan fingerprint density at radius 2 is 1.00 bits per heavy atom. The molecule has 0 atom stereocenters. The van der Waals surface area contributed by atoms with E-state index in [4.69, 9.17) is 0 Å². The topological polar surface area (TPSA) is 52.6 Å². The third-order valence-electron chi connectivity index (χ3n) is 3.57. The van der Waals surface area contributed by atoms with E-state index in [0.29, 0.717) is 6.92 Å². The first-order valence-corrected chi connectivity index (χ1v) is 7.61. The monoisotopic (exact) mass is 516 g/mol. The van der Waals surface area contributed by atoms with Crippen molar-refractivity contribution >= 4 is 11.9 Å². The summed E-state index contributed by atoms with van der Waals surface area (Å²) in [6.45, 7) is 0.683. The van der Waals surface area contributed by atoms with Crippen LogP contribution in [0.2, 0.25) is 0 Å². The van der Waals surface area contributed by atoms with E-state index in [1.807, 2.05) is 0 Å². The van der Waals surface area contributed by atoms with Crippen molar-refractivity contribution in [3.8, 4) is 11.5 Å². The quantitative estimate of drug-likeness (QED) is 0.286. The van der Waals surface area contributed by atoms with Crippen LogP contribution in [0.25, 0.3) is 0 Å². The Morgan fingerprint density at radius 3 is 1.33 bits per heavy atom. The van der Waals surface area contributed by atoms with Crippen LogP contribution in [0.15, 0.2) is 18.2 Å². The van der Waals surface area contributed by atoms with Crippen LogP contribution < -0.4 is 9.47 Å². The second-order valence-electron chi connectivity index (χ2n) is 6.00. The fraction of sp³-hybridized carbons (Fsp3) is 0.467. The lowest BCUT2D eigenvalue weighted by atomic mass is 10.1. The highest BCUT2D eigenvalue weighted by Crippen LogP contribution is 2.48. The van der Waals surface area contributed by atoms with Crippen molar-refractivity contribution in [2.24, 2.45) is 0 Å². The summed E-state index contributed by atoms with van der Waals surface area (Å²) < 4.78 is 184. The van der Waals surface area contributed by atoms with Gasteiger partial charge in [-0.05, 0) is 30.7 Å². The molecule has 0 spiro atoms. The number of halogens is 14. The number of aryl methyl sites for hydroxylation is 1. The number of rotatable bonds is 6. The van der Waals surface area contributed by atoms with Crippen LogP contribution in [0, 0.1) is 6.92 Å². The number of esters is 2. The number of ether oxygens (including phenoxy) is 2. The summed E-state index contributed by atoms with van der Waals surface area (Å²) in [7, 11) is 0. The molecule has 0 aliphatic heterocycles. The zero-order valence-corrected chi connectivity index (χ0v) is 15.2. The Kier molecular flexibility index (Phi) is 7.00. The van der Waals surface area contributed by atoms with Crippen LogP contribution >= 0.6 is 0 Å². The van der Waals surface area contributed by atoms with Crippen LogP contribution in [0.3, 0.4) is 0 Å². The highest BCUT2D eigenvalue weighted by molar-refractivity contribution is 5.82. The van der Waals surface area contributed by atoms with E-state index >= 15 is 0 Å². The fourth-order valence-corrected chi connectivity index (χ4v) is 1.75. The molecule has 0 N–H and O–H groups in total. The Labute approximate surface area is 172 Å². The summed E-state index contributed by atoms with van der Waals surface area (Å²) in [5, 5.41) is 0. The molecule has 18 heteroatoms. The number of alkyl halides is 14. The molecule has 188 valence electrons. The lowest BCUT2D eigenvalue weighted by Crippen LogP contribution is -2.57. The molecule has 1 aromatic rings. The van der Waals surface area contributed by atoms with Gasteiger partial charge in [0.1, 0.15) is 11.5 Å². The van der Waals surface area contributed by atoms with E-state index in [9.17, 15) is 71.1 Å². The third-order valence-corrected chi connectivity index (χ3v) is 3.57. The fourth-order valence-electron chi connectivity index (χ4n) is 1.75. The predicted octanol–water partition coefficient (Wildman–Crippen LogP) is 5.47. The molecule has 0 heterocycles. The Morgan fingerprint density at radius 1 is 0.636 bits per heavy atom. The second-order valence-corrected chi connectivity index (χ2v) is 6.00. The molecule has 33 heavy (non-hydrogen) atoms. The molecule has 4 nitrogen and oxygen atoms in total. The molecule has 0 fully saturated rings. The van der Waals surface area contributed by atoms with Gasteiger partial charge in [0.2, 0.25) is 0 Å². The van der Waals surface area contributed by atoms with Gasteiger partial charge in [0, 0.05) is 0 Å². The minimum absolute atomic E-state index is 0.176. The minimum atomic E-state index is -6.88. The molecule has 0 aliphatic rings. The molecule has 1 aromatic carbocycles. The smallest absolute Gasteiger partial charge is 0.422 e.